The monoisotopic (exact) mass is 463 g/mol. The number of nitrogens with zero attached hydrogens (tertiary/aromatic N) is 3. The Bertz CT molecular complexity index is 1040. The molecule has 4 amide bonds. The summed E-state index contributed by atoms with van der Waals surface area (Å²) >= 11 is 0. The summed E-state index contributed by atoms with van der Waals surface area (Å²) in [6, 6.07) is 17.6. The number of carbonyl (C=O) groups excluding carboxylic acids is 3. The van der Waals surface area contributed by atoms with E-state index in [1.807, 2.05) is 36.4 Å². The van der Waals surface area contributed by atoms with Crippen molar-refractivity contribution in [2.45, 2.75) is 38.8 Å². The molecule has 180 valence electrons. The fourth-order valence-electron chi connectivity index (χ4n) is 4.49. The Hall–Kier alpha value is -3.23. The molecule has 2 fully saturated rings. The normalized spacial score (nSPS) is 21.5. The van der Waals surface area contributed by atoms with E-state index in [0.717, 1.165) is 43.3 Å². The number of rotatable bonds is 8. The van der Waals surface area contributed by atoms with E-state index >= 15 is 0 Å². The zero-order valence-electron chi connectivity index (χ0n) is 19.9. The van der Waals surface area contributed by atoms with Gasteiger partial charge in [0, 0.05) is 32.7 Å². The Balaban J connectivity index is 1.24. The summed E-state index contributed by atoms with van der Waals surface area (Å²) in [5.74, 6) is -0.784. The first-order chi connectivity index (χ1) is 16.3. The molecule has 0 radical (unpaired) electrons. The molecule has 2 aromatic carbocycles. The largest absolute Gasteiger partial charge is 0.344 e. The van der Waals surface area contributed by atoms with Crippen LogP contribution in [0.1, 0.15) is 30.0 Å². The van der Waals surface area contributed by atoms with Crippen LogP contribution in [0.5, 0.6) is 0 Å². The van der Waals surface area contributed by atoms with Gasteiger partial charge in [-0.3, -0.25) is 24.8 Å². The minimum atomic E-state index is -1.04. The van der Waals surface area contributed by atoms with Crippen molar-refractivity contribution < 1.29 is 14.4 Å². The quantitative estimate of drug-likeness (QED) is 0.586. The van der Waals surface area contributed by atoms with Crippen LogP contribution in [0.25, 0.3) is 0 Å². The van der Waals surface area contributed by atoms with E-state index in [-0.39, 0.29) is 12.5 Å². The van der Waals surface area contributed by atoms with Crippen molar-refractivity contribution in [2.75, 3.05) is 32.7 Å². The number of carbonyl (C=O) groups is 3. The summed E-state index contributed by atoms with van der Waals surface area (Å²) in [5, 5.41) is 3.58. The molecule has 2 heterocycles. The third-order valence-corrected chi connectivity index (χ3v) is 6.74. The molecule has 2 aromatic rings. The average Bonchev–Trinajstić information content (AvgIpc) is 3.04. The lowest BCUT2D eigenvalue weighted by Crippen LogP contribution is -2.53. The third kappa shape index (κ3) is 5.63. The molecule has 0 aliphatic carbocycles. The number of benzene rings is 2. The molecule has 0 aromatic heterocycles. The summed E-state index contributed by atoms with van der Waals surface area (Å²) in [7, 11) is 0. The minimum Gasteiger partial charge on any atom is -0.322 e. The molecule has 2 saturated heterocycles. The van der Waals surface area contributed by atoms with Crippen molar-refractivity contribution >= 4 is 17.8 Å². The van der Waals surface area contributed by atoms with Gasteiger partial charge in [-0.15, -0.1) is 0 Å². The maximum absolute atomic E-state index is 12.9. The summed E-state index contributed by atoms with van der Waals surface area (Å²) in [5.41, 5.74) is 5.17. The molecule has 34 heavy (non-hydrogen) atoms. The van der Waals surface area contributed by atoms with Crippen molar-refractivity contribution in [3.8, 4) is 0 Å². The Labute approximate surface area is 200 Å². The Kier molecular flexibility index (Phi) is 7.29. The van der Waals surface area contributed by atoms with Crippen LogP contribution in [0.2, 0.25) is 0 Å². The lowest BCUT2D eigenvalue weighted by Gasteiger charge is -2.34. The van der Waals surface area contributed by atoms with E-state index in [9.17, 15) is 14.4 Å². The van der Waals surface area contributed by atoms with E-state index in [1.165, 1.54) is 11.1 Å². The SMILES string of the molecule is Cc1ccccc1CN1CCN(CC(=O)NN2C(=O)N[C@@](C)(CCc3ccccc3)C2=O)CC1. The first-order valence-corrected chi connectivity index (χ1v) is 11.8. The van der Waals surface area contributed by atoms with Gasteiger partial charge in [0.2, 0.25) is 0 Å². The van der Waals surface area contributed by atoms with Gasteiger partial charge in [-0.25, -0.2) is 4.79 Å². The van der Waals surface area contributed by atoms with Crippen LogP contribution in [0.3, 0.4) is 0 Å². The van der Waals surface area contributed by atoms with E-state index < -0.39 is 17.5 Å². The van der Waals surface area contributed by atoms with Crippen molar-refractivity contribution in [1.29, 1.82) is 0 Å². The van der Waals surface area contributed by atoms with E-state index in [2.05, 4.69) is 45.7 Å². The molecule has 4 rings (SSSR count). The fraction of sp³-hybridized carbons (Fsp3) is 0.423. The van der Waals surface area contributed by atoms with Gasteiger partial charge in [-0.1, -0.05) is 54.6 Å². The molecule has 8 heteroatoms. The Morgan fingerprint density at radius 2 is 1.62 bits per heavy atom. The maximum Gasteiger partial charge on any atom is 0.344 e. The molecule has 1 atom stereocenters. The lowest BCUT2D eigenvalue weighted by atomic mass is 9.93. The predicted molar refractivity (Wildman–Crippen MR) is 130 cm³/mol. The summed E-state index contributed by atoms with van der Waals surface area (Å²) < 4.78 is 0. The van der Waals surface area contributed by atoms with Crippen molar-refractivity contribution in [2.24, 2.45) is 0 Å². The van der Waals surface area contributed by atoms with Gasteiger partial charge < -0.3 is 5.32 Å². The summed E-state index contributed by atoms with van der Waals surface area (Å²) in [6.45, 7) is 8.12. The molecule has 0 spiro atoms. The van der Waals surface area contributed by atoms with E-state index in [1.54, 1.807) is 6.92 Å². The molecule has 2 aliphatic rings. The second-order valence-electron chi connectivity index (χ2n) is 9.40. The molecule has 0 saturated carbocycles. The van der Waals surface area contributed by atoms with Gasteiger partial charge in [-0.2, -0.15) is 5.01 Å². The third-order valence-electron chi connectivity index (χ3n) is 6.74. The van der Waals surface area contributed by atoms with Gasteiger partial charge in [0.05, 0.1) is 6.54 Å². The Morgan fingerprint density at radius 3 is 2.32 bits per heavy atom. The van der Waals surface area contributed by atoms with E-state index in [0.29, 0.717) is 12.8 Å². The summed E-state index contributed by atoms with van der Waals surface area (Å²) in [6.07, 6.45) is 1.11. The van der Waals surface area contributed by atoms with Crippen molar-refractivity contribution in [3.63, 3.8) is 0 Å². The molecule has 0 bridgehead atoms. The smallest absolute Gasteiger partial charge is 0.322 e. The van der Waals surface area contributed by atoms with Gasteiger partial charge in [-0.05, 0) is 43.4 Å². The Morgan fingerprint density at radius 1 is 0.971 bits per heavy atom. The van der Waals surface area contributed by atoms with Crippen LogP contribution in [-0.4, -0.2) is 70.9 Å². The number of hydrogen-bond donors (Lipinski definition) is 2. The second-order valence-corrected chi connectivity index (χ2v) is 9.40. The standard InChI is InChI=1S/C26H33N5O3/c1-20-8-6-7-11-22(20)18-29-14-16-30(17-15-29)19-23(32)28-31-24(33)26(2,27-25(31)34)13-12-21-9-4-3-5-10-21/h3-11H,12-19H2,1-2H3,(H,27,34)(H,28,32)/t26-/m0/s1. The predicted octanol–water partition coefficient (Wildman–Crippen LogP) is 2.09. The molecule has 8 nitrogen and oxygen atoms in total. The van der Waals surface area contributed by atoms with Crippen LogP contribution >= 0.6 is 0 Å². The van der Waals surface area contributed by atoms with E-state index in [4.69, 9.17) is 0 Å². The van der Waals surface area contributed by atoms with Crippen LogP contribution < -0.4 is 10.7 Å². The minimum absolute atomic E-state index is 0.149. The first-order valence-electron chi connectivity index (χ1n) is 11.8. The lowest BCUT2D eigenvalue weighted by molar-refractivity contribution is -0.139. The number of amides is 4. The average molecular weight is 464 g/mol. The van der Waals surface area contributed by atoms with Gasteiger partial charge in [0.15, 0.2) is 0 Å². The number of urea groups is 1. The number of hydrazine groups is 1. The van der Waals surface area contributed by atoms with Crippen LogP contribution in [0.15, 0.2) is 54.6 Å². The number of nitrogens with one attached hydrogen (secondary N) is 2. The second kappa shape index (κ2) is 10.4. The van der Waals surface area contributed by atoms with Gasteiger partial charge in [0.1, 0.15) is 5.54 Å². The zero-order chi connectivity index (χ0) is 24.1. The summed E-state index contributed by atoms with van der Waals surface area (Å²) in [4.78, 5) is 42.4. The highest BCUT2D eigenvalue weighted by atomic mass is 16.2. The van der Waals surface area contributed by atoms with Crippen LogP contribution in [0.4, 0.5) is 4.79 Å². The number of imide groups is 1. The highest BCUT2D eigenvalue weighted by Crippen LogP contribution is 2.22. The zero-order valence-corrected chi connectivity index (χ0v) is 19.9. The molecule has 2 N–H and O–H groups in total. The molecular formula is C26H33N5O3. The van der Waals surface area contributed by atoms with Crippen LogP contribution in [0, 0.1) is 6.92 Å². The molecule has 2 aliphatic heterocycles. The first kappa shape index (κ1) is 23.9. The topological polar surface area (TPSA) is 85.0 Å². The van der Waals surface area contributed by atoms with Crippen molar-refractivity contribution in [1.82, 2.24) is 25.6 Å². The van der Waals surface area contributed by atoms with Gasteiger partial charge in [0.25, 0.3) is 11.8 Å². The number of piperazine rings is 1. The van der Waals surface area contributed by atoms with Crippen molar-refractivity contribution in [3.05, 3.63) is 71.3 Å². The molecular weight excluding hydrogens is 430 g/mol. The highest BCUT2D eigenvalue weighted by molar-refractivity contribution is 6.07. The maximum atomic E-state index is 12.9. The highest BCUT2D eigenvalue weighted by Gasteiger charge is 2.48. The van der Waals surface area contributed by atoms with Gasteiger partial charge >= 0.3 is 6.03 Å². The number of aryl methyl sites for hydroxylation is 2. The fourth-order valence-corrected chi connectivity index (χ4v) is 4.49. The van der Waals surface area contributed by atoms with Crippen LogP contribution in [-0.2, 0) is 22.6 Å². The number of hydrogen-bond acceptors (Lipinski definition) is 5. The molecule has 0 unspecified atom stereocenters.